The molecule has 0 N–H and O–H groups in total. The monoisotopic (exact) mass is 289 g/mol. The standard InChI is InChI=1S/C16H19NO4/c1-4-17(5-2)13-7-6-11-8-12(16(19)20-3)9-15(18)21-14(11)10-13/h6-8,10H,4-5,9H2,1-3H3. The van der Waals surface area contributed by atoms with E-state index in [4.69, 9.17) is 4.74 Å². The first-order valence-electron chi connectivity index (χ1n) is 6.97. The smallest absolute Gasteiger partial charge is 0.334 e. The van der Waals surface area contributed by atoms with E-state index in [0.717, 1.165) is 18.8 Å². The minimum Gasteiger partial charge on any atom is -0.466 e. The largest absolute Gasteiger partial charge is 0.466 e. The number of ether oxygens (including phenoxy) is 2. The number of methoxy groups -OCH3 is 1. The average Bonchev–Trinajstić information content (AvgIpc) is 2.65. The van der Waals surface area contributed by atoms with E-state index >= 15 is 0 Å². The number of hydrogen-bond donors (Lipinski definition) is 0. The van der Waals surface area contributed by atoms with Gasteiger partial charge in [0.05, 0.1) is 13.5 Å². The fourth-order valence-electron chi connectivity index (χ4n) is 2.33. The number of benzene rings is 1. The molecule has 1 heterocycles. The molecule has 5 heteroatoms. The van der Waals surface area contributed by atoms with E-state index < -0.39 is 11.9 Å². The Labute approximate surface area is 124 Å². The predicted molar refractivity (Wildman–Crippen MR) is 80.2 cm³/mol. The lowest BCUT2D eigenvalue weighted by Gasteiger charge is -2.21. The van der Waals surface area contributed by atoms with E-state index in [-0.39, 0.29) is 6.42 Å². The third kappa shape index (κ3) is 3.24. The number of esters is 2. The molecule has 0 fully saturated rings. The van der Waals surface area contributed by atoms with E-state index in [2.05, 4.69) is 23.5 Å². The lowest BCUT2D eigenvalue weighted by molar-refractivity contribution is -0.139. The van der Waals surface area contributed by atoms with Gasteiger partial charge in [0.15, 0.2) is 0 Å². The molecule has 1 aromatic rings. The molecule has 0 radical (unpaired) electrons. The zero-order valence-corrected chi connectivity index (χ0v) is 12.5. The highest BCUT2D eigenvalue weighted by Gasteiger charge is 2.22. The molecule has 0 atom stereocenters. The van der Waals surface area contributed by atoms with Crippen LogP contribution >= 0.6 is 0 Å². The maximum Gasteiger partial charge on any atom is 0.334 e. The summed E-state index contributed by atoms with van der Waals surface area (Å²) in [5.74, 6) is -0.488. The maximum absolute atomic E-state index is 11.8. The normalized spacial score (nSPS) is 13.7. The molecule has 1 aliphatic rings. The van der Waals surface area contributed by atoms with Crippen molar-refractivity contribution < 1.29 is 19.1 Å². The molecule has 0 aliphatic carbocycles. The van der Waals surface area contributed by atoms with E-state index in [1.165, 1.54) is 7.11 Å². The Balaban J connectivity index is 2.43. The summed E-state index contributed by atoms with van der Waals surface area (Å²) in [5.41, 5.74) is 2.00. The second-order valence-electron chi connectivity index (χ2n) is 4.71. The summed E-state index contributed by atoms with van der Waals surface area (Å²) < 4.78 is 10.0. The van der Waals surface area contributed by atoms with Crippen LogP contribution in [0, 0.1) is 0 Å². The number of rotatable bonds is 4. The van der Waals surface area contributed by atoms with E-state index in [0.29, 0.717) is 16.9 Å². The summed E-state index contributed by atoms with van der Waals surface area (Å²) in [4.78, 5) is 25.6. The van der Waals surface area contributed by atoms with E-state index in [9.17, 15) is 9.59 Å². The molecule has 112 valence electrons. The molecule has 21 heavy (non-hydrogen) atoms. The quantitative estimate of drug-likeness (QED) is 0.629. The Kier molecular flexibility index (Phi) is 4.62. The van der Waals surface area contributed by atoms with Crippen LogP contribution in [-0.4, -0.2) is 32.1 Å². The van der Waals surface area contributed by atoms with Crippen molar-refractivity contribution in [3.63, 3.8) is 0 Å². The fraction of sp³-hybridized carbons (Fsp3) is 0.375. The maximum atomic E-state index is 11.8. The van der Waals surface area contributed by atoms with Crippen molar-refractivity contribution in [2.45, 2.75) is 20.3 Å². The van der Waals surface area contributed by atoms with Gasteiger partial charge in [-0.05, 0) is 32.1 Å². The first kappa shape index (κ1) is 15.1. The van der Waals surface area contributed by atoms with Crippen LogP contribution in [0.15, 0.2) is 23.8 Å². The number of anilines is 1. The van der Waals surface area contributed by atoms with Crippen molar-refractivity contribution in [1.82, 2.24) is 0 Å². The van der Waals surface area contributed by atoms with Crippen LogP contribution in [0.4, 0.5) is 5.69 Å². The van der Waals surface area contributed by atoms with Crippen LogP contribution in [0.5, 0.6) is 5.75 Å². The summed E-state index contributed by atoms with van der Waals surface area (Å²) in [5, 5.41) is 0. The third-order valence-corrected chi connectivity index (χ3v) is 3.46. The van der Waals surface area contributed by atoms with Crippen molar-refractivity contribution in [2.24, 2.45) is 0 Å². The van der Waals surface area contributed by atoms with Crippen LogP contribution in [0.1, 0.15) is 25.8 Å². The molecule has 0 amide bonds. The summed E-state index contributed by atoms with van der Waals surface area (Å²) in [6, 6.07) is 5.64. The highest BCUT2D eigenvalue weighted by Crippen LogP contribution is 2.31. The molecule has 0 saturated carbocycles. The second-order valence-corrected chi connectivity index (χ2v) is 4.71. The lowest BCUT2D eigenvalue weighted by atomic mass is 10.1. The van der Waals surface area contributed by atoms with Gasteiger partial charge >= 0.3 is 11.9 Å². The molecule has 0 unspecified atom stereocenters. The van der Waals surface area contributed by atoms with Gasteiger partial charge in [0.2, 0.25) is 0 Å². The topological polar surface area (TPSA) is 55.8 Å². The van der Waals surface area contributed by atoms with Gasteiger partial charge in [-0.25, -0.2) is 4.79 Å². The Morgan fingerprint density at radius 1 is 1.33 bits per heavy atom. The Morgan fingerprint density at radius 2 is 2.05 bits per heavy atom. The number of hydrogen-bond acceptors (Lipinski definition) is 5. The molecule has 1 aromatic carbocycles. The summed E-state index contributed by atoms with van der Waals surface area (Å²) >= 11 is 0. The molecule has 5 nitrogen and oxygen atoms in total. The number of carbonyl (C=O) groups excluding carboxylic acids is 2. The van der Waals surface area contributed by atoms with Crippen molar-refractivity contribution in [2.75, 3.05) is 25.1 Å². The SMILES string of the molecule is CCN(CC)c1ccc2c(c1)OC(=O)CC(C(=O)OC)=C2. The lowest BCUT2D eigenvalue weighted by Crippen LogP contribution is -2.21. The van der Waals surface area contributed by atoms with Crippen LogP contribution in [0.3, 0.4) is 0 Å². The van der Waals surface area contributed by atoms with Gasteiger partial charge in [0.1, 0.15) is 5.75 Å². The number of fused-ring (bicyclic) bond motifs is 1. The van der Waals surface area contributed by atoms with Gasteiger partial charge < -0.3 is 14.4 Å². The molecular weight excluding hydrogens is 270 g/mol. The van der Waals surface area contributed by atoms with Crippen LogP contribution in [0.25, 0.3) is 6.08 Å². The van der Waals surface area contributed by atoms with Gasteiger partial charge in [-0.3, -0.25) is 4.79 Å². The first-order valence-corrected chi connectivity index (χ1v) is 6.97. The molecule has 0 bridgehead atoms. The Bertz CT molecular complexity index is 588. The second kappa shape index (κ2) is 6.43. The zero-order valence-electron chi connectivity index (χ0n) is 12.5. The van der Waals surface area contributed by atoms with Gasteiger partial charge in [-0.1, -0.05) is 0 Å². The fourth-order valence-corrected chi connectivity index (χ4v) is 2.33. The highest BCUT2D eigenvalue weighted by molar-refractivity contribution is 6.00. The third-order valence-electron chi connectivity index (χ3n) is 3.46. The van der Waals surface area contributed by atoms with Gasteiger partial charge in [0.25, 0.3) is 0 Å². The van der Waals surface area contributed by atoms with Gasteiger partial charge in [0, 0.05) is 36.0 Å². The van der Waals surface area contributed by atoms with Gasteiger partial charge in [-0.2, -0.15) is 0 Å². The summed E-state index contributed by atoms with van der Waals surface area (Å²) in [6.45, 7) is 5.87. The summed E-state index contributed by atoms with van der Waals surface area (Å²) in [6.07, 6.45) is 1.57. The van der Waals surface area contributed by atoms with Gasteiger partial charge in [-0.15, -0.1) is 0 Å². The van der Waals surface area contributed by atoms with Crippen molar-refractivity contribution in [1.29, 1.82) is 0 Å². The van der Waals surface area contributed by atoms with Crippen molar-refractivity contribution in [3.05, 3.63) is 29.3 Å². The molecule has 0 aromatic heterocycles. The van der Waals surface area contributed by atoms with Crippen LogP contribution in [0.2, 0.25) is 0 Å². The number of nitrogens with zero attached hydrogens (tertiary/aromatic N) is 1. The molecule has 0 spiro atoms. The Hall–Kier alpha value is -2.30. The highest BCUT2D eigenvalue weighted by atomic mass is 16.5. The molecule has 1 aliphatic heterocycles. The molecular formula is C16H19NO4. The van der Waals surface area contributed by atoms with E-state index in [1.807, 2.05) is 18.2 Å². The minimum atomic E-state index is -0.507. The average molecular weight is 289 g/mol. The van der Waals surface area contributed by atoms with Crippen LogP contribution < -0.4 is 9.64 Å². The molecule has 2 rings (SSSR count). The minimum absolute atomic E-state index is 0.0814. The van der Waals surface area contributed by atoms with Crippen molar-refractivity contribution in [3.8, 4) is 5.75 Å². The zero-order chi connectivity index (χ0) is 15.4. The predicted octanol–water partition coefficient (Wildman–Crippen LogP) is 2.40. The van der Waals surface area contributed by atoms with Crippen molar-refractivity contribution >= 4 is 23.7 Å². The number of carbonyl (C=O) groups is 2. The molecule has 0 saturated heterocycles. The summed E-state index contributed by atoms with van der Waals surface area (Å²) in [7, 11) is 1.30. The first-order chi connectivity index (χ1) is 10.1. The Morgan fingerprint density at radius 3 is 2.67 bits per heavy atom. The van der Waals surface area contributed by atoms with E-state index in [1.54, 1.807) is 6.08 Å². The van der Waals surface area contributed by atoms with Crippen LogP contribution in [-0.2, 0) is 14.3 Å².